The average molecular weight is 376 g/mol. The van der Waals surface area contributed by atoms with Gasteiger partial charge in [0.2, 0.25) is 0 Å². The third kappa shape index (κ3) is 5.01. The lowest BCUT2D eigenvalue weighted by atomic mass is 10.1. The highest BCUT2D eigenvalue weighted by atomic mass is 32.2. The van der Waals surface area contributed by atoms with Crippen molar-refractivity contribution in [2.75, 3.05) is 11.5 Å². The van der Waals surface area contributed by atoms with Gasteiger partial charge in [-0.25, -0.2) is 0 Å². The molecule has 134 valence electrons. The number of thioether (sulfide) groups is 1. The van der Waals surface area contributed by atoms with Gasteiger partial charge in [0, 0.05) is 12.8 Å². The summed E-state index contributed by atoms with van der Waals surface area (Å²) in [5, 5.41) is 0. The maximum atomic E-state index is 12.7. The lowest BCUT2D eigenvalue weighted by molar-refractivity contribution is -0.354. The summed E-state index contributed by atoms with van der Waals surface area (Å²) in [5.74, 6) is -19.1. The Hall–Kier alpha value is -0.490. The normalized spacial score (nSPS) is 15.3. The van der Waals surface area contributed by atoms with Crippen molar-refractivity contribution in [1.82, 2.24) is 0 Å². The molecule has 0 bridgehead atoms. The third-order valence-corrected chi connectivity index (χ3v) is 3.34. The summed E-state index contributed by atoms with van der Waals surface area (Å²) >= 11 is -0.0108. The number of hydrogen-bond acceptors (Lipinski definition) is 1. The maximum Gasteiger partial charge on any atom is 0.459 e. The molecule has 0 atom stereocenters. The fraction of sp³-hybridized carbons (Fsp3) is 1.00. The first-order valence-electron chi connectivity index (χ1n) is 5.30. The Morgan fingerprint density at radius 3 is 1.18 bits per heavy atom. The molecule has 0 saturated carbocycles. The van der Waals surface area contributed by atoms with Crippen molar-refractivity contribution in [2.24, 2.45) is 0 Å². The van der Waals surface area contributed by atoms with E-state index in [-0.39, 0.29) is 11.8 Å². The number of hydrogen-bond donors (Lipinski definition) is 0. The summed E-state index contributed by atoms with van der Waals surface area (Å²) in [6, 6.07) is 0. The van der Waals surface area contributed by atoms with E-state index in [4.69, 9.17) is 0 Å². The van der Waals surface area contributed by atoms with Gasteiger partial charge in [-0.2, -0.15) is 64.4 Å². The summed E-state index contributed by atoms with van der Waals surface area (Å²) in [7, 11) is 0. The van der Waals surface area contributed by atoms with Gasteiger partial charge in [0.15, 0.2) is 0 Å². The number of halogens is 12. The van der Waals surface area contributed by atoms with E-state index < -0.39 is 54.5 Å². The van der Waals surface area contributed by atoms with Crippen LogP contribution >= 0.6 is 11.8 Å². The lowest BCUT2D eigenvalue weighted by Crippen LogP contribution is -2.52. The van der Waals surface area contributed by atoms with E-state index in [0.29, 0.717) is 0 Å². The second-order valence-electron chi connectivity index (χ2n) is 4.09. The molecular formula is C9H8F12S. The highest BCUT2D eigenvalue weighted by Crippen LogP contribution is 2.48. The summed E-state index contributed by atoms with van der Waals surface area (Å²) in [6.07, 6.45) is -16.2. The Kier molecular flexibility index (Phi) is 6.41. The topological polar surface area (TPSA) is 0 Å². The van der Waals surface area contributed by atoms with E-state index in [1.807, 2.05) is 0 Å². The molecule has 0 saturated heterocycles. The molecule has 0 fully saturated rings. The van der Waals surface area contributed by atoms with E-state index in [0.717, 1.165) is 0 Å². The average Bonchev–Trinajstić information content (AvgIpc) is 2.24. The monoisotopic (exact) mass is 376 g/mol. The van der Waals surface area contributed by atoms with Crippen LogP contribution in [0, 0.1) is 0 Å². The van der Waals surface area contributed by atoms with Crippen LogP contribution in [0.15, 0.2) is 0 Å². The van der Waals surface area contributed by atoms with E-state index in [9.17, 15) is 52.7 Å². The quantitative estimate of drug-likeness (QED) is 0.416. The molecule has 0 amide bonds. The first-order chi connectivity index (χ1) is 9.46. The third-order valence-electron chi connectivity index (χ3n) is 2.35. The van der Waals surface area contributed by atoms with Gasteiger partial charge >= 0.3 is 30.1 Å². The molecule has 0 radical (unpaired) electrons. The predicted molar refractivity (Wildman–Crippen MR) is 53.5 cm³/mol. The molecule has 13 heteroatoms. The fourth-order valence-corrected chi connectivity index (χ4v) is 2.01. The zero-order valence-corrected chi connectivity index (χ0v) is 11.1. The molecule has 0 nitrogen and oxygen atoms in total. The molecule has 0 aliphatic carbocycles. The van der Waals surface area contributed by atoms with Gasteiger partial charge in [0.1, 0.15) is 0 Å². The van der Waals surface area contributed by atoms with Crippen LogP contribution in [0.5, 0.6) is 0 Å². The predicted octanol–water partition coefficient (Wildman–Crippen LogP) is 5.53. The van der Waals surface area contributed by atoms with Gasteiger partial charge in [0.25, 0.3) is 0 Å². The highest BCUT2D eigenvalue weighted by molar-refractivity contribution is 7.99. The molecule has 0 heterocycles. The SMILES string of the molecule is FC(F)(F)C(F)(F)CCSCCC(F)(F)C(F)(F)C(F)(F)F. The summed E-state index contributed by atoms with van der Waals surface area (Å²) in [4.78, 5) is 0. The Balaban J connectivity index is 4.38. The molecule has 22 heavy (non-hydrogen) atoms. The van der Waals surface area contributed by atoms with Crippen molar-refractivity contribution in [2.45, 2.75) is 43.0 Å². The van der Waals surface area contributed by atoms with E-state index in [1.54, 1.807) is 0 Å². The second kappa shape index (κ2) is 6.56. The molecule has 0 aromatic carbocycles. The molecule has 0 rings (SSSR count). The van der Waals surface area contributed by atoms with Crippen LogP contribution in [-0.2, 0) is 0 Å². The van der Waals surface area contributed by atoms with Crippen LogP contribution in [-0.4, -0.2) is 41.6 Å². The van der Waals surface area contributed by atoms with Crippen molar-refractivity contribution in [1.29, 1.82) is 0 Å². The summed E-state index contributed by atoms with van der Waals surface area (Å²) < 4.78 is 145. The Morgan fingerprint density at radius 1 is 0.500 bits per heavy atom. The van der Waals surface area contributed by atoms with Gasteiger partial charge in [-0.15, -0.1) is 0 Å². The molecule has 0 aromatic heterocycles. The van der Waals surface area contributed by atoms with Crippen molar-refractivity contribution < 1.29 is 52.7 Å². The summed E-state index contributed by atoms with van der Waals surface area (Å²) in [5.41, 5.74) is 0. The van der Waals surface area contributed by atoms with Gasteiger partial charge < -0.3 is 0 Å². The van der Waals surface area contributed by atoms with Crippen LogP contribution in [0.1, 0.15) is 12.8 Å². The fourth-order valence-electron chi connectivity index (χ4n) is 1.01. The Morgan fingerprint density at radius 2 is 0.864 bits per heavy atom. The second-order valence-corrected chi connectivity index (χ2v) is 5.32. The summed E-state index contributed by atoms with van der Waals surface area (Å²) in [6.45, 7) is 0. The molecule has 0 unspecified atom stereocenters. The van der Waals surface area contributed by atoms with Crippen molar-refractivity contribution in [3.05, 3.63) is 0 Å². The van der Waals surface area contributed by atoms with Crippen LogP contribution in [0.2, 0.25) is 0 Å². The minimum atomic E-state index is -6.51. The van der Waals surface area contributed by atoms with E-state index >= 15 is 0 Å². The minimum Gasteiger partial charge on any atom is -0.199 e. The van der Waals surface area contributed by atoms with Gasteiger partial charge in [0.05, 0.1) is 0 Å². The largest absolute Gasteiger partial charge is 0.459 e. The Labute approximate surface area is 120 Å². The highest BCUT2D eigenvalue weighted by Gasteiger charge is 2.72. The van der Waals surface area contributed by atoms with Gasteiger partial charge in [-0.05, 0) is 11.5 Å². The standard InChI is InChI=1S/C9H8F12S/c10-5(11,7(14,15)9(19,20)21)1-3-22-4-2-6(12,13)8(16,17)18/h1-4H2. The smallest absolute Gasteiger partial charge is 0.199 e. The first kappa shape index (κ1) is 21.5. The van der Waals surface area contributed by atoms with Crippen molar-refractivity contribution in [3.8, 4) is 0 Å². The molecular weight excluding hydrogens is 368 g/mol. The van der Waals surface area contributed by atoms with Crippen molar-refractivity contribution in [3.63, 3.8) is 0 Å². The van der Waals surface area contributed by atoms with Crippen molar-refractivity contribution >= 4 is 11.8 Å². The zero-order valence-electron chi connectivity index (χ0n) is 10.3. The lowest BCUT2D eigenvalue weighted by Gasteiger charge is -2.28. The van der Waals surface area contributed by atoms with Crippen LogP contribution in [0.4, 0.5) is 52.7 Å². The first-order valence-corrected chi connectivity index (χ1v) is 6.46. The van der Waals surface area contributed by atoms with Gasteiger partial charge in [-0.1, -0.05) is 0 Å². The van der Waals surface area contributed by atoms with Crippen LogP contribution in [0.3, 0.4) is 0 Å². The van der Waals surface area contributed by atoms with E-state index in [1.165, 1.54) is 0 Å². The number of rotatable bonds is 7. The van der Waals surface area contributed by atoms with Crippen LogP contribution < -0.4 is 0 Å². The zero-order chi connectivity index (χ0) is 18.0. The molecule has 0 spiro atoms. The van der Waals surface area contributed by atoms with Crippen LogP contribution in [0.25, 0.3) is 0 Å². The van der Waals surface area contributed by atoms with Gasteiger partial charge in [-0.3, -0.25) is 0 Å². The maximum absolute atomic E-state index is 12.7. The molecule has 0 N–H and O–H groups in total. The Bertz CT molecular complexity index is 355. The van der Waals surface area contributed by atoms with E-state index in [2.05, 4.69) is 0 Å². The molecule has 0 aliphatic heterocycles. The minimum absolute atomic E-state index is 0.0108. The molecule has 0 aliphatic rings. The molecule has 0 aromatic rings. The number of alkyl halides is 12.